The van der Waals surface area contributed by atoms with E-state index in [1.165, 1.54) is 12.1 Å². The van der Waals surface area contributed by atoms with Crippen molar-refractivity contribution in [3.05, 3.63) is 54.0 Å². The maximum Gasteiger partial charge on any atom is 0.416 e. The van der Waals surface area contributed by atoms with Gasteiger partial charge in [0.15, 0.2) is 0 Å². The summed E-state index contributed by atoms with van der Waals surface area (Å²) in [6, 6.07) is 7.46. The zero-order valence-corrected chi connectivity index (χ0v) is 15.3. The van der Waals surface area contributed by atoms with Gasteiger partial charge in [-0.05, 0) is 36.4 Å². The second-order valence-electron chi connectivity index (χ2n) is 6.09. The van der Waals surface area contributed by atoms with E-state index < -0.39 is 17.8 Å². The Morgan fingerprint density at radius 3 is 2.48 bits per heavy atom. The minimum absolute atomic E-state index is 0.0840. The molecule has 146 valence electrons. The number of halogens is 3. The molecule has 0 radical (unpaired) electrons. The van der Waals surface area contributed by atoms with Crippen molar-refractivity contribution >= 4 is 23.5 Å². The molecule has 3 rings (SSSR count). The molecule has 0 spiro atoms. The molecule has 1 aliphatic heterocycles. The standard InChI is InChI=1S/C18H20F3N3O2S/c19-18(20,21)13-3-5-14(6-4-13)23-17(25)22-12-15(16-2-1-9-26-16)24-7-10-27-11-8-24/h1-6,9,15H,7-8,10-12H2,(H2,22,23,25). The van der Waals surface area contributed by atoms with E-state index in [4.69, 9.17) is 4.42 Å². The highest BCUT2D eigenvalue weighted by Gasteiger charge is 2.30. The molecule has 1 saturated heterocycles. The van der Waals surface area contributed by atoms with Crippen LogP contribution in [0.3, 0.4) is 0 Å². The van der Waals surface area contributed by atoms with Crippen LogP contribution in [0, 0.1) is 0 Å². The molecule has 27 heavy (non-hydrogen) atoms. The summed E-state index contributed by atoms with van der Waals surface area (Å²) in [5.74, 6) is 2.82. The van der Waals surface area contributed by atoms with Crippen molar-refractivity contribution in [3.63, 3.8) is 0 Å². The number of hydrogen-bond donors (Lipinski definition) is 2. The molecule has 2 amide bonds. The number of benzene rings is 1. The van der Waals surface area contributed by atoms with Gasteiger partial charge in [-0.2, -0.15) is 24.9 Å². The molecule has 9 heteroatoms. The van der Waals surface area contributed by atoms with E-state index in [0.29, 0.717) is 12.2 Å². The van der Waals surface area contributed by atoms with Crippen LogP contribution < -0.4 is 10.6 Å². The van der Waals surface area contributed by atoms with Gasteiger partial charge in [-0.3, -0.25) is 4.90 Å². The molecule has 1 aliphatic rings. The summed E-state index contributed by atoms with van der Waals surface area (Å²) < 4.78 is 43.3. The highest BCUT2D eigenvalue weighted by molar-refractivity contribution is 7.99. The van der Waals surface area contributed by atoms with Gasteiger partial charge in [-0.15, -0.1) is 0 Å². The number of anilines is 1. The van der Waals surface area contributed by atoms with Crippen molar-refractivity contribution < 1.29 is 22.4 Å². The average molecular weight is 399 g/mol. The summed E-state index contributed by atoms with van der Waals surface area (Å²) in [6.45, 7) is 2.14. The summed E-state index contributed by atoms with van der Waals surface area (Å²) in [5, 5.41) is 5.33. The summed E-state index contributed by atoms with van der Waals surface area (Å²) >= 11 is 1.89. The fraction of sp³-hybridized carbons (Fsp3) is 0.389. The van der Waals surface area contributed by atoms with Crippen LogP contribution in [0.1, 0.15) is 17.4 Å². The van der Waals surface area contributed by atoms with E-state index >= 15 is 0 Å². The number of thioether (sulfide) groups is 1. The predicted octanol–water partition coefficient (Wildman–Crippen LogP) is 4.21. The molecule has 0 aliphatic carbocycles. The maximum atomic E-state index is 12.6. The molecular formula is C18H20F3N3O2S. The first kappa shape index (κ1) is 19.6. The van der Waals surface area contributed by atoms with Crippen molar-refractivity contribution in [2.45, 2.75) is 12.2 Å². The smallest absolute Gasteiger partial charge is 0.416 e. The molecule has 1 atom stereocenters. The Morgan fingerprint density at radius 1 is 1.19 bits per heavy atom. The highest BCUT2D eigenvalue weighted by Crippen LogP contribution is 2.30. The molecule has 0 saturated carbocycles. The second-order valence-corrected chi connectivity index (χ2v) is 7.31. The van der Waals surface area contributed by atoms with Gasteiger partial charge in [0.1, 0.15) is 5.76 Å². The van der Waals surface area contributed by atoms with E-state index in [0.717, 1.165) is 42.5 Å². The van der Waals surface area contributed by atoms with Crippen molar-refractivity contribution in [1.29, 1.82) is 0 Å². The number of furan rings is 1. The minimum Gasteiger partial charge on any atom is -0.468 e. The SMILES string of the molecule is O=C(NCC(c1ccco1)N1CCSCC1)Nc1ccc(C(F)(F)F)cc1. The van der Waals surface area contributed by atoms with E-state index in [-0.39, 0.29) is 6.04 Å². The number of carbonyl (C=O) groups excluding carboxylic acids is 1. The summed E-state index contributed by atoms with van der Waals surface area (Å²) in [7, 11) is 0. The number of amides is 2. The normalized spacial score (nSPS) is 16.7. The molecule has 5 nitrogen and oxygen atoms in total. The van der Waals surface area contributed by atoms with Gasteiger partial charge >= 0.3 is 12.2 Å². The molecule has 1 aromatic heterocycles. The Morgan fingerprint density at radius 2 is 1.89 bits per heavy atom. The van der Waals surface area contributed by atoms with Crippen LogP contribution >= 0.6 is 11.8 Å². The average Bonchev–Trinajstić information content (AvgIpc) is 3.17. The van der Waals surface area contributed by atoms with Crippen molar-refractivity contribution in [1.82, 2.24) is 10.2 Å². The van der Waals surface area contributed by atoms with E-state index in [2.05, 4.69) is 15.5 Å². The molecule has 2 aromatic rings. The lowest BCUT2D eigenvalue weighted by atomic mass is 10.2. The lowest BCUT2D eigenvalue weighted by Gasteiger charge is -2.33. The molecule has 1 unspecified atom stereocenters. The Hall–Kier alpha value is -2.13. The van der Waals surface area contributed by atoms with Crippen LogP contribution in [0.2, 0.25) is 0 Å². The van der Waals surface area contributed by atoms with Crippen molar-refractivity contribution in [3.8, 4) is 0 Å². The monoisotopic (exact) mass is 399 g/mol. The topological polar surface area (TPSA) is 57.5 Å². The summed E-state index contributed by atoms with van der Waals surface area (Å²) in [5.41, 5.74) is -0.460. The van der Waals surface area contributed by atoms with Crippen molar-refractivity contribution in [2.75, 3.05) is 36.5 Å². The Balaban J connectivity index is 1.57. The largest absolute Gasteiger partial charge is 0.468 e. The highest BCUT2D eigenvalue weighted by atomic mass is 32.2. The van der Waals surface area contributed by atoms with Crippen molar-refractivity contribution in [2.24, 2.45) is 0 Å². The zero-order valence-electron chi connectivity index (χ0n) is 14.5. The minimum atomic E-state index is -4.40. The van der Waals surface area contributed by atoms with E-state index in [9.17, 15) is 18.0 Å². The molecular weight excluding hydrogens is 379 g/mol. The van der Waals surface area contributed by atoms with Crippen LogP contribution in [-0.4, -0.2) is 42.1 Å². The Kier molecular flexibility index (Phi) is 6.33. The number of nitrogens with one attached hydrogen (secondary N) is 2. The third-order valence-electron chi connectivity index (χ3n) is 4.28. The van der Waals surface area contributed by atoms with Crippen LogP contribution in [-0.2, 0) is 6.18 Å². The number of rotatable bonds is 5. The summed E-state index contributed by atoms with van der Waals surface area (Å²) in [6.07, 6.45) is -2.80. The number of alkyl halides is 3. The Bertz CT molecular complexity index is 729. The van der Waals surface area contributed by atoms with Gasteiger partial charge in [0, 0.05) is 36.8 Å². The zero-order chi connectivity index (χ0) is 19.3. The van der Waals surface area contributed by atoms with Gasteiger partial charge in [-0.1, -0.05) is 0 Å². The number of urea groups is 1. The lowest BCUT2D eigenvalue weighted by Crippen LogP contribution is -2.42. The number of hydrogen-bond acceptors (Lipinski definition) is 4. The fourth-order valence-corrected chi connectivity index (χ4v) is 3.82. The van der Waals surface area contributed by atoms with Gasteiger partial charge in [0.05, 0.1) is 17.9 Å². The second kappa shape index (κ2) is 8.71. The first-order valence-electron chi connectivity index (χ1n) is 8.51. The number of carbonyl (C=O) groups is 1. The first-order valence-corrected chi connectivity index (χ1v) is 9.66. The third kappa shape index (κ3) is 5.43. The van der Waals surface area contributed by atoms with Gasteiger partial charge in [0.2, 0.25) is 0 Å². The van der Waals surface area contributed by atoms with Crippen LogP contribution in [0.25, 0.3) is 0 Å². The molecule has 2 N–H and O–H groups in total. The van der Waals surface area contributed by atoms with E-state index in [1.807, 2.05) is 23.9 Å². The Labute approximate surface area is 159 Å². The summed E-state index contributed by atoms with van der Waals surface area (Å²) in [4.78, 5) is 14.4. The fourth-order valence-electron chi connectivity index (χ4n) is 2.89. The van der Waals surface area contributed by atoms with Gasteiger partial charge in [-0.25, -0.2) is 4.79 Å². The molecule has 1 aromatic carbocycles. The first-order chi connectivity index (χ1) is 12.9. The van der Waals surface area contributed by atoms with Gasteiger partial charge in [0.25, 0.3) is 0 Å². The van der Waals surface area contributed by atoms with Crippen LogP contribution in [0.4, 0.5) is 23.7 Å². The van der Waals surface area contributed by atoms with E-state index in [1.54, 1.807) is 6.26 Å². The number of nitrogens with zero attached hydrogens (tertiary/aromatic N) is 1. The third-order valence-corrected chi connectivity index (χ3v) is 5.23. The quantitative estimate of drug-likeness (QED) is 0.791. The molecule has 1 fully saturated rings. The predicted molar refractivity (Wildman–Crippen MR) is 98.8 cm³/mol. The molecule has 2 heterocycles. The van der Waals surface area contributed by atoms with Gasteiger partial charge < -0.3 is 15.1 Å². The molecule has 0 bridgehead atoms. The lowest BCUT2D eigenvalue weighted by molar-refractivity contribution is -0.137. The van der Waals surface area contributed by atoms with Crippen LogP contribution in [0.15, 0.2) is 47.1 Å². The van der Waals surface area contributed by atoms with Crippen LogP contribution in [0.5, 0.6) is 0 Å². The maximum absolute atomic E-state index is 12.6.